The van der Waals surface area contributed by atoms with Gasteiger partial charge in [0.1, 0.15) is 11.9 Å². The van der Waals surface area contributed by atoms with Crippen molar-refractivity contribution in [2.24, 2.45) is 0 Å². The SMILES string of the molecule is CC[C@H](C(=O)NC(C)(C)C)N(Cc1ccc(F)cc1)C(=O)CCc1ccc(C(C)C)cc1. The lowest BCUT2D eigenvalue weighted by Gasteiger charge is -2.33. The molecule has 1 N–H and O–H groups in total. The van der Waals surface area contributed by atoms with Crippen LogP contribution in [0.15, 0.2) is 48.5 Å². The van der Waals surface area contributed by atoms with Gasteiger partial charge in [0.05, 0.1) is 0 Å². The number of rotatable bonds is 9. The Morgan fingerprint density at radius 1 is 0.969 bits per heavy atom. The number of hydrogen-bond donors (Lipinski definition) is 1. The molecule has 0 saturated carbocycles. The van der Waals surface area contributed by atoms with Crippen LogP contribution in [0.25, 0.3) is 0 Å². The summed E-state index contributed by atoms with van der Waals surface area (Å²) in [6.07, 6.45) is 1.41. The summed E-state index contributed by atoms with van der Waals surface area (Å²) in [5, 5.41) is 3.00. The van der Waals surface area contributed by atoms with Crippen LogP contribution in [0.3, 0.4) is 0 Å². The molecule has 174 valence electrons. The first-order valence-corrected chi connectivity index (χ1v) is 11.4. The van der Waals surface area contributed by atoms with Crippen molar-refractivity contribution in [2.75, 3.05) is 0 Å². The second-order valence-electron chi connectivity index (χ2n) is 9.71. The highest BCUT2D eigenvalue weighted by atomic mass is 19.1. The molecular formula is C27H37FN2O2. The number of carbonyl (C=O) groups excluding carboxylic acids is 2. The molecular weight excluding hydrogens is 403 g/mol. The van der Waals surface area contributed by atoms with E-state index in [0.717, 1.165) is 11.1 Å². The van der Waals surface area contributed by atoms with Crippen LogP contribution in [0.2, 0.25) is 0 Å². The number of carbonyl (C=O) groups is 2. The average Bonchev–Trinajstić information content (AvgIpc) is 2.72. The minimum absolute atomic E-state index is 0.0850. The highest BCUT2D eigenvalue weighted by Gasteiger charge is 2.30. The molecule has 0 heterocycles. The zero-order chi connectivity index (χ0) is 23.9. The van der Waals surface area contributed by atoms with Crippen molar-refractivity contribution >= 4 is 11.8 Å². The minimum atomic E-state index is -0.588. The Labute approximate surface area is 192 Å². The third-order valence-corrected chi connectivity index (χ3v) is 5.42. The van der Waals surface area contributed by atoms with E-state index in [4.69, 9.17) is 0 Å². The molecule has 0 spiro atoms. The number of nitrogens with zero attached hydrogens (tertiary/aromatic N) is 1. The summed E-state index contributed by atoms with van der Waals surface area (Å²) in [6, 6.07) is 13.8. The molecule has 0 radical (unpaired) electrons. The second-order valence-corrected chi connectivity index (χ2v) is 9.71. The topological polar surface area (TPSA) is 49.4 Å². The van der Waals surface area contributed by atoms with E-state index in [1.807, 2.05) is 27.7 Å². The normalized spacial score (nSPS) is 12.5. The molecule has 5 heteroatoms. The second kappa shape index (κ2) is 11.3. The molecule has 2 aromatic carbocycles. The third kappa shape index (κ3) is 7.77. The van der Waals surface area contributed by atoms with E-state index in [0.29, 0.717) is 25.2 Å². The molecule has 0 fully saturated rings. The number of hydrogen-bond acceptors (Lipinski definition) is 2. The summed E-state index contributed by atoms with van der Waals surface area (Å²) >= 11 is 0. The van der Waals surface area contributed by atoms with Gasteiger partial charge in [-0.3, -0.25) is 9.59 Å². The van der Waals surface area contributed by atoms with Gasteiger partial charge in [-0.05, 0) is 68.4 Å². The predicted octanol–water partition coefficient (Wildman–Crippen LogP) is 5.60. The minimum Gasteiger partial charge on any atom is -0.350 e. The first-order chi connectivity index (χ1) is 15.0. The van der Waals surface area contributed by atoms with Crippen molar-refractivity contribution in [3.8, 4) is 0 Å². The van der Waals surface area contributed by atoms with E-state index in [2.05, 4.69) is 43.4 Å². The molecule has 0 aromatic heterocycles. The Morgan fingerprint density at radius 2 is 1.53 bits per heavy atom. The summed E-state index contributed by atoms with van der Waals surface area (Å²) in [4.78, 5) is 27.9. The first kappa shape index (κ1) is 25.6. The number of benzene rings is 2. The monoisotopic (exact) mass is 440 g/mol. The summed E-state index contributed by atoms with van der Waals surface area (Å²) < 4.78 is 13.4. The fraction of sp³-hybridized carbons (Fsp3) is 0.481. The summed E-state index contributed by atoms with van der Waals surface area (Å²) in [7, 11) is 0. The van der Waals surface area contributed by atoms with E-state index in [-0.39, 0.29) is 24.2 Å². The van der Waals surface area contributed by atoms with Crippen LogP contribution in [0, 0.1) is 5.82 Å². The van der Waals surface area contributed by atoms with Gasteiger partial charge in [0.25, 0.3) is 0 Å². The van der Waals surface area contributed by atoms with Crippen molar-refractivity contribution < 1.29 is 14.0 Å². The fourth-order valence-corrected chi connectivity index (χ4v) is 3.62. The van der Waals surface area contributed by atoms with Crippen LogP contribution in [-0.4, -0.2) is 28.3 Å². The molecule has 2 aromatic rings. The van der Waals surface area contributed by atoms with Crippen molar-refractivity contribution in [1.82, 2.24) is 10.2 Å². The Kier molecular flexibility index (Phi) is 8.99. The molecule has 2 amide bonds. The molecule has 0 aliphatic heterocycles. The number of halogens is 1. The van der Waals surface area contributed by atoms with Gasteiger partial charge in [-0.2, -0.15) is 0 Å². The summed E-state index contributed by atoms with van der Waals surface area (Å²) in [5.41, 5.74) is 2.76. The van der Waals surface area contributed by atoms with Crippen LogP contribution in [0.4, 0.5) is 4.39 Å². The van der Waals surface area contributed by atoms with Gasteiger partial charge < -0.3 is 10.2 Å². The summed E-state index contributed by atoms with van der Waals surface area (Å²) in [6.45, 7) is 12.2. The molecule has 2 rings (SSSR count). The highest BCUT2D eigenvalue weighted by molar-refractivity contribution is 5.88. The van der Waals surface area contributed by atoms with Crippen molar-refractivity contribution in [3.05, 3.63) is 71.0 Å². The zero-order valence-electron chi connectivity index (χ0n) is 20.2. The smallest absolute Gasteiger partial charge is 0.243 e. The molecule has 32 heavy (non-hydrogen) atoms. The van der Waals surface area contributed by atoms with Crippen molar-refractivity contribution in [1.29, 1.82) is 0 Å². The molecule has 0 aliphatic rings. The first-order valence-electron chi connectivity index (χ1n) is 11.4. The van der Waals surface area contributed by atoms with Gasteiger partial charge in [0.15, 0.2) is 0 Å². The van der Waals surface area contributed by atoms with Gasteiger partial charge in [-0.15, -0.1) is 0 Å². The van der Waals surface area contributed by atoms with Crippen LogP contribution >= 0.6 is 0 Å². The van der Waals surface area contributed by atoms with Gasteiger partial charge in [0.2, 0.25) is 11.8 Å². The Bertz CT molecular complexity index is 883. The number of aryl methyl sites for hydroxylation is 1. The summed E-state index contributed by atoms with van der Waals surface area (Å²) in [5.74, 6) is -0.118. The molecule has 1 atom stereocenters. The maximum absolute atomic E-state index is 13.4. The maximum atomic E-state index is 13.4. The van der Waals surface area contributed by atoms with Crippen LogP contribution < -0.4 is 5.32 Å². The highest BCUT2D eigenvalue weighted by Crippen LogP contribution is 2.18. The lowest BCUT2D eigenvalue weighted by atomic mass is 10.00. The Morgan fingerprint density at radius 3 is 2.03 bits per heavy atom. The van der Waals surface area contributed by atoms with Gasteiger partial charge >= 0.3 is 0 Å². The van der Waals surface area contributed by atoms with E-state index < -0.39 is 11.6 Å². The number of nitrogens with one attached hydrogen (secondary N) is 1. The van der Waals surface area contributed by atoms with Crippen LogP contribution in [0.1, 0.15) is 77.0 Å². The molecule has 0 bridgehead atoms. The fourth-order valence-electron chi connectivity index (χ4n) is 3.62. The standard InChI is InChI=1S/C27H37FN2O2/c1-7-24(26(32)29-27(4,5)6)30(18-21-10-15-23(28)16-11-21)25(31)17-12-20-8-13-22(14-9-20)19(2)3/h8-11,13-16,19,24H,7,12,17-18H2,1-6H3,(H,29,32)/t24-/m1/s1. The largest absolute Gasteiger partial charge is 0.350 e. The van der Waals surface area contributed by atoms with Crippen molar-refractivity contribution in [3.63, 3.8) is 0 Å². The predicted molar refractivity (Wildman–Crippen MR) is 128 cm³/mol. The van der Waals surface area contributed by atoms with E-state index in [1.54, 1.807) is 17.0 Å². The van der Waals surface area contributed by atoms with E-state index in [9.17, 15) is 14.0 Å². The van der Waals surface area contributed by atoms with E-state index in [1.165, 1.54) is 17.7 Å². The Hall–Kier alpha value is -2.69. The third-order valence-electron chi connectivity index (χ3n) is 5.42. The quantitative estimate of drug-likeness (QED) is 0.551. The Balaban J connectivity index is 2.20. The van der Waals surface area contributed by atoms with Crippen LogP contribution in [0.5, 0.6) is 0 Å². The van der Waals surface area contributed by atoms with Gasteiger partial charge in [-0.1, -0.05) is 57.2 Å². The molecule has 4 nitrogen and oxygen atoms in total. The number of amides is 2. The zero-order valence-corrected chi connectivity index (χ0v) is 20.2. The van der Waals surface area contributed by atoms with Gasteiger partial charge in [0, 0.05) is 18.5 Å². The maximum Gasteiger partial charge on any atom is 0.243 e. The average molecular weight is 441 g/mol. The van der Waals surface area contributed by atoms with Gasteiger partial charge in [-0.25, -0.2) is 4.39 Å². The lowest BCUT2D eigenvalue weighted by molar-refractivity contribution is -0.142. The lowest BCUT2D eigenvalue weighted by Crippen LogP contribution is -2.53. The van der Waals surface area contributed by atoms with Crippen molar-refractivity contribution in [2.45, 2.75) is 84.8 Å². The molecule has 0 aliphatic carbocycles. The van der Waals surface area contributed by atoms with E-state index >= 15 is 0 Å². The molecule has 0 saturated heterocycles. The molecule has 0 unspecified atom stereocenters. The van der Waals surface area contributed by atoms with Crippen LogP contribution in [-0.2, 0) is 22.6 Å².